The second-order valence-electron chi connectivity index (χ2n) is 6.10. The van der Waals surface area contributed by atoms with Crippen LogP contribution in [0.2, 0.25) is 5.02 Å². The van der Waals surface area contributed by atoms with Crippen LogP contribution in [0.5, 0.6) is 0 Å². The highest BCUT2D eigenvalue weighted by atomic mass is 35.5. The summed E-state index contributed by atoms with van der Waals surface area (Å²) in [5, 5.41) is 3.30. The third-order valence-electron chi connectivity index (χ3n) is 4.36. The molecule has 28 heavy (non-hydrogen) atoms. The van der Waals surface area contributed by atoms with Crippen molar-refractivity contribution in [3.63, 3.8) is 0 Å². The maximum absolute atomic E-state index is 14.5. The molecule has 0 N–H and O–H groups in total. The largest absolute Gasteiger partial charge is 0.417 e. The average Bonchev–Trinajstić information content (AvgIpc) is 3.05. The molecule has 0 spiro atoms. The van der Waals surface area contributed by atoms with Gasteiger partial charge in [-0.2, -0.15) is 18.3 Å². The molecule has 0 radical (unpaired) electrons. The summed E-state index contributed by atoms with van der Waals surface area (Å²) in [7, 11) is 0. The summed E-state index contributed by atoms with van der Waals surface area (Å²) in [6.45, 7) is 1.59. The van der Waals surface area contributed by atoms with Crippen LogP contribution in [-0.2, 0) is 6.18 Å². The van der Waals surface area contributed by atoms with Gasteiger partial charge in [0.15, 0.2) is 5.82 Å². The van der Waals surface area contributed by atoms with Crippen molar-refractivity contribution in [2.45, 2.75) is 19.1 Å². The van der Waals surface area contributed by atoms with E-state index in [1.165, 1.54) is 11.0 Å². The minimum Gasteiger partial charge on any atom is -0.273 e. The molecule has 0 saturated heterocycles. The molecule has 1 aromatic heterocycles. The van der Waals surface area contributed by atoms with E-state index in [9.17, 15) is 22.0 Å². The van der Waals surface area contributed by atoms with Crippen LogP contribution < -0.4 is 0 Å². The molecule has 2 heterocycles. The van der Waals surface area contributed by atoms with Gasteiger partial charge in [-0.3, -0.25) is 4.99 Å². The lowest BCUT2D eigenvalue weighted by atomic mass is 9.97. The molecule has 4 nitrogen and oxygen atoms in total. The quantitative estimate of drug-likeness (QED) is 0.520. The van der Waals surface area contributed by atoms with Gasteiger partial charge in [0.2, 0.25) is 0 Å². The molecule has 2 aromatic carbocycles. The Bertz CT molecular complexity index is 1100. The van der Waals surface area contributed by atoms with Gasteiger partial charge in [0.05, 0.1) is 27.5 Å². The molecule has 1 aliphatic rings. The zero-order valence-corrected chi connectivity index (χ0v) is 14.9. The third-order valence-corrected chi connectivity index (χ3v) is 4.75. The summed E-state index contributed by atoms with van der Waals surface area (Å²) in [5.74, 6) is -1.65. The Morgan fingerprint density at radius 1 is 1.04 bits per heavy atom. The molecule has 4 rings (SSSR count). The second kappa shape index (κ2) is 6.37. The Balaban J connectivity index is 2.13. The van der Waals surface area contributed by atoms with Crippen molar-refractivity contribution >= 4 is 17.3 Å². The number of rotatable bonds is 1. The molecule has 1 atom stereocenters. The number of hydrogen-bond acceptors (Lipinski definition) is 3. The number of hydrogen-bond donors (Lipinski definition) is 0. The number of alkyl halides is 3. The summed E-state index contributed by atoms with van der Waals surface area (Å²) in [6.07, 6.45) is -3.56. The maximum Gasteiger partial charge on any atom is 0.417 e. The molecule has 0 saturated carbocycles. The molecule has 3 aromatic rings. The zero-order valence-electron chi connectivity index (χ0n) is 14.1. The van der Waals surface area contributed by atoms with Crippen LogP contribution in [0.1, 0.15) is 35.5 Å². The Morgan fingerprint density at radius 2 is 1.71 bits per heavy atom. The lowest BCUT2D eigenvalue weighted by Crippen LogP contribution is -2.16. The molecule has 0 unspecified atom stereocenters. The van der Waals surface area contributed by atoms with Crippen molar-refractivity contribution in [2.24, 2.45) is 4.99 Å². The van der Waals surface area contributed by atoms with Gasteiger partial charge in [-0.15, -0.1) is 0 Å². The first-order valence-electron chi connectivity index (χ1n) is 8.02. The number of aromatic nitrogens is 3. The fourth-order valence-corrected chi connectivity index (χ4v) is 3.49. The van der Waals surface area contributed by atoms with Crippen LogP contribution in [0.25, 0.3) is 5.69 Å². The van der Waals surface area contributed by atoms with Crippen molar-refractivity contribution in [2.75, 3.05) is 0 Å². The van der Waals surface area contributed by atoms with E-state index in [1.807, 2.05) is 0 Å². The summed E-state index contributed by atoms with van der Waals surface area (Å²) in [5.41, 5.74) is -2.22. The van der Waals surface area contributed by atoms with E-state index in [1.54, 1.807) is 6.92 Å². The highest BCUT2D eigenvalue weighted by Gasteiger charge is 2.38. The second-order valence-corrected chi connectivity index (χ2v) is 6.48. The Kier molecular flexibility index (Phi) is 4.22. The van der Waals surface area contributed by atoms with Gasteiger partial charge < -0.3 is 0 Å². The molecule has 10 heteroatoms. The van der Waals surface area contributed by atoms with Gasteiger partial charge in [0.25, 0.3) is 0 Å². The van der Waals surface area contributed by atoms with Gasteiger partial charge in [-0.1, -0.05) is 17.7 Å². The van der Waals surface area contributed by atoms with Gasteiger partial charge in [-0.25, -0.2) is 18.4 Å². The molecule has 0 bridgehead atoms. The van der Waals surface area contributed by atoms with E-state index in [4.69, 9.17) is 11.6 Å². The molecular formula is C18H10ClF5N4. The maximum atomic E-state index is 14.5. The SMILES string of the molecule is C[C@@H]1N=C(c2c(F)cccc2F)c2c(ccc(C(F)(F)F)c2Cl)-n2ncnc21. The summed E-state index contributed by atoms with van der Waals surface area (Å²) < 4.78 is 70.5. The first-order chi connectivity index (χ1) is 13.2. The van der Waals surface area contributed by atoms with Gasteiger partial charge >= 0.3 is 6.18 Å². The van der Waals surface area contributed by atoms with Crippen molar-refractivity contribution in [3.05, 3.63) is 75.8 Å². The van der Waals surface area contributed by atoms with Crippen molar-refractivity contribution in [1.29, 1.82) is 0 Å². The van der Waals surface area contributed by atoms with Crippen molar-refractivity contribution < 1.29 is 22.0 Å². The highest BCUT2D eigenvalue weighted by molar-refractivity contribution is 6.37. The van der Waals surface area contributed by atoms with E-state index in [-0.39, 0.29) is 17.0 Å². The predicted molar refractivity (Wildman–Crippen MR) is 91.8 cm³/mol. The van der Waals surface area contributed by atoms with Crippen LogP contribution in [0.15, 0.2) is 41.7 Å². The fourth-order valence-electron chi connectivity index (χ4n) is 3.14. The van der Waals surface area contributed by atoms with Gasteiger partial charge in [-0.05, 0) is 31.2 Å². The number of halogens is 6. The van der Waals surface area contributed by atoms with E-state index in [2.05, 4.69) is 15.1 Å². The summed E-state index contributed by atoms with van der Waals surface area (Å²) in [6, 6.07) is 4.32. The minimum absolute atomic E-state index is 0.0938. The standard InChI is InChI=1S/C18H10ClF5N4/c1-8-17-25-7-26-28(17)12-6-5-9(18(22,23)24)15(19)14(12)16(27-8)13-10(20)3-2-4-11(13)21/h2-8H,1H3/t8-/m0/s1. The van der Waals surface area contributed by atoms with Gasteiger partial charge in [0, 0.05) is 5.56 Å². The van der Waals surface area contributed by atoms with E-state index in [0.29, 0.717) is 5.82 Å². The van der Waals surface area contributed by atoms with E-state index >= 15 is 0 Å². The predicted octanol–water partition coefficient (Wildman–Crippen LogP) is 5.13. The van der Waals surface area contributed by atoms with Crippen molar-refractivity contribution in [3.8, 4) is 5.69 Å². The summed E-state index contributed by atoms with van der Waals surface area (Å²) >= 11 is 6.11. The summed E-state index contributed by atoms with van der Waals surface area (Å²) in [4.78, 5) is 8.33. The molecule has 0 aliphatic carbocycles. The topological polar surface area (TPSA) is 43.1 Å². The zero-order chi connectivity index (χ0) is 20.2. The number of aliphatic imine (C=N–C) groups is 1. The monoisotopic (exact) mass is 412 g/mol. The molecular weight excluding hydrogens is 403 g/mol. The van der Waals surface area contributed by atoms with Crippen LogP contribution >= 0.6 is 11.6 Å². The number of fused-ring (bicyclic) bond motifs is 3. The Labute approximate surface area is 160 Å². The fraction of sp³-hybridized carbons (Fsp3) is 0.167. The minimum atomic E-state index is -4.77. The van der Waals surface area contributed by atoms with Crippen LogP contribution in [0, 0.1) is 11.6 Å². The lowest BCUT2D eigenvalue weighted by Gasteiger charge is -2.17. The normalized spacial score (nSPS) is 16.2. The highest BCUT2D eigenvalue weighted by Crippen LogP contribution is 2.41. The molecule has 0 fully saturated rings. The Morgan fingerprint density at radius 3 is 2.36 bits per heavy atom. The van der Waals surface area contributed by atoms with Crippen LogP contribution in [0.3, 0.4) is 0 Å². The molecule has 0 amide bonds. The third kappa shape index (κ3) is 2.77. The molecule has 144 valence electrons. The molecule has 1 aliphatic heterocycles. The first-order valence-corrected chi connectivity index (χ1v) is 8.40. The Hall–Kier alpha value is -2.81. The van der Waals surface area contributed by atoms with E-state index < -0.39 is 40.0 Å². The number of nitrogens with zero attached hydrogens (tertiary/aromatic N) is 4. The van der Waals surface area contributed by atoms with Crippen molar-refractivity contribution in [1.82, 2.24) is 14.8 Å². The lowest BCUT2D eigenvalue weighted by molar-refractivity contribution is -0.137. The van der Waals surface area contributed by atoms with Gasteiger partial charge in [0.1, 0.15) is 24.0 Å². The average molecular weight is 413 g/mol. The first kappa shape index (κ1) is 18.5. The van der Waals surface area contributed by atoms with Crippen LogP contribution in [0.4, 0.5) is 22.0 Å². The van der Waals surface area contributed by atoms with Crippen LogP contribution in [-0.4, -0.2) is 20.5 Å². The smallest absolute Gasteiger partial charge is 0.273 e. The van der Waals surface area contributed by atoms with E-state index in [0.717, 1.165) is 30.3 Å². The number of benzene rings is 2.